The summed E-state index contributed by atoms with van der Waals surface area (Å²) in [6.07, 6.45) is 0. The van der Waals surface area contributed by atoms with Gasteiger partial charge in [0.2, 0.25) is 15.9 Å². The van der Waals surface area contributed by atoms with Crippen molar-refractivity contribution in [1.82, 2.24) is 9.21 Å². The maximum atomic E-state index is 12.9. The number of rotatable bonds is 6. The molecule has 0 N–H and O–H groups in total. The number of amides is 1. The SMILES string of the molecule is CN(Cc1cccc(Cl)c1)C(=O)CN(C)S(=O)(=O)c1ccc(F)cc1. The van der Waals surface area contributed by atoms with Crippen LogP contribution < -0.4 is 0 Å². The zero-order valence-electron chi connectivity index (χ0n) is 13.8. The molecule has 0 unspecified atom stereocenters. The Kier molecular flexibility index (Phi) is 6.16. The summed E-state index contributed by atoms with van der Waals surface area (Å²) in [5.74, 6) is -0.896. The summed E-state index contributed by atoms with van der Waals surface area (Å²) >= 11 is 5.91. The summed E-state index contributed by atoms with van der Waals surface area (Å²) in [5, 5.41) is 0.564. The highest BCUT2D eigenvalue weighted by atomic mass is 35.5. The average Bonchev–Trinajstić information content (AvgIpc) is 2.55. The van der Waals surface area contributed by atoms with E-state index in [1.165, 1.54) is 24.1 Å². The van der Waals surface area contributed by atoms with Crippen LogP contribution in [0.5, 0.6) is 0 Å². The normalized spacial score (nSPS) is 11.6. The van der Waals surface area contributed by atoms with Crippen LogP contribution in [0.25, 0.3) is 0 Å². The lowest BCUT2D eigenvalue weighted by molar-refractivity contribution is -0.130. The molecule has 0 atom stereocenters. The number of hydrogen-bond donors (Lipinski definition) is 0. The zero-order valence-corrected chi connectivity index (χ0v) is 15.4. The number of benzene rings is 2. The highest BCUT2D eigenvalue weighted by Crippen LogP contribution is 2.16. The topological polar surface area (TPSA) is 57.7 Å². The number of carbonyl (C=O) groups excluding carboxylic acids is 1. The highest BCUT2D eigenvalue weighted by molar-refractivity contribution is 7.89. The van der Waals surface area contributed by atoms with Gasteiger partial charge in [-0.1, -0.05) is 23.7 Å². The molecule has 0 radical (unpaired) electrons. The van der Waals surface area contributed by atoms with Gasteiger partial charge in [-0.05, 0) is 42.0 Å². The Morgan fingerprint density at radius 2 is 1.76 bits per heavy atom. The molecule has 134 valence electrons. The summed E-state index contributed by atoms with van der Waals surface area (Å²) in [4.78, 5) is 13.7. The summed E-state index contributed by atoms with van der Waals surface area (Å²) in [6, 6.07) is 11.5. The Balaban J connectivity index is 2.04. The van der Waals surface area contributed by atoms with Gasteiger partial charge in [0.25, 0.3) is 0 Å². The van der Waals surface area contributed by atoms with Crippen molar-refractivity contribution in [3.63, 3.8) is 0 Å². The van der Waals surface area contributed by atoms with Crippen molar-refractivity contribution in [2.75, 3.05) is 20.6 Å². The fourth-order valence-corrected chi connectivity index (χ4v) is 3.51. The number of carbonyl (C=O) groups is 1. The maximum absolute atomic E-state index is 12.9. The predicted octanol–water partition coefficient (Wildman–Crippen LogP) is 2.76. The lowest BCUT2D eigenvalue weighted by atomic mass is 10.2. The molecule has 2 rings (SSSR count). The number of likely N-dealkylation sites (N-methyl/N-ethyl adjacent to an activating group) is 2. The maximum Gasteiger partial charge on any atom is 0.243 e. The van der Waals surface area contributed by atoms with Crippen molar-refractivity contribution in [2.45, 2.75) is 11.4 Å². The van der Waals surface area contributed by atoms with Crippen LogP contribution in [0, 0.1) is 5.82 Å². The summed E-state index contributed by atoms with van der Waals surface area (Å²) < 4.78 is 38.7. The molecule has 8 heteroatoms. The molecule has 0 saturated heterocycles. The van der Waals surface area contributed by atoms with E-state index in [0.717, 1.165) is 22.0 Å². The van der Waals surface area contributed by atoms with E-state index < -0.39 is 15.8 Å². The van der Waals surface area contributed by atoms with E-state index in [4.69, 9.17) is 11.6 Å². The minimum atomic E-state index is -3.87. The lowest BCUT2D eigenvalue weighted by Gasteiger charge is -2.22. The summed E-state index contributed by atoms with van der Waals surface area (Å²) in [6.45, 7) is -0.0133. The Labute approximate surface area is 151 Å². The second-order valence-electron chi connectivity index (χ2n) is 5.59. The smallest absolute Gasteiger partial charge is 0.243 e. The lowest BCUT2D eigenvalue weighted by Crippen LogP contribution is -2.39. The van der Waals surface area contributed by atoms with E-state index >= 15 is 0 Å². The number of sulfonamides is 1. The van der Waals surface area contributed by atoms with Crippen molar-refractivity contribution in [3.8, 4) is 0 Å². The van der Waals surface area contributed by atoms with Gasteiger partial charge in [0, 0.05) is 25.7 Å². The Morgan fingerprint density at radius 1 is 1.12 bits per heavy atom. The molecule has 0 aliphatic heterocycles. The predicted molar refractivity (Wildman–Crippen MR) is 94.1 cm³/mol. The summed E-state index contributed by atoms with van der Waals surface area (Å²) in [5.41, 5.74) is 0.840. The first kappa shape index (κ1) is 19.4. The molecule has 0 aliphatic rings. The molecule has 0 fully saturated rings. The number of nitrogens with zero attached hydrogens (tertiary/aromatic N) is 2. The van der Waals surface area contributed by atoms with Crippen LogP contribution in [0.15, 0.2) is 53.4 Å². The molecule has 0 aliphatic carbocycles. The largest absolute Gasteiger partial charge is 0.340 e. The van der Waals surface area contributed by atoms with Gasteiger partial charge in [-0.15, -0.1) is 0 Å². The van der Waals surface area contributed by atoms with Gasteiger partial charge in [-0.25, -0.2) is 12.8 Å². The van der Waals surface area contributed by atoms with Gasteiger partial charge in [0.05, 0.1) is 11.4 Å². The summed E-state index contributed by atoms with van der Waals surface area (Å²) in [7, 11) is -0.972. The molecular formula is C17H18ClFN2O3S. The van der Waals surface area contributed by atoms with Crippen molar-refractivity contribution in [3.05, 3.63) is 64.9 Å². The van der Waals surface area contributed by atoms with E-state index in [2.05, 4.69) is 0 Å². The molecule has 25 heavy (non-hydrogen) atoms. The van der Waals surface area contributed by atoms with E-state index in [9.17, 15) is 17.6 Å². The van der Waals surface area contributed by atoms with Crippen molar-refractivity contribution in [2.24, 2.45) is 0 Å². The fraction of sp³-hybridized carbons (Fsp3) is 0.235. The second-order valence-corrected chi connectivity index (χ2v) is 8.08. The van der Waals surface area contributed by atoms with Gasteiger partial charge < -0.3 is 4.90 Å². The first-order chi connectivity index (χ1) is 11.7. The molecule has 0 saturated carbocycles. The minimum absolute atomic E-state index is 0.0679. The third kappa shape index (κ3) is 5.01. The van der Waals surface area contributed by atoms with E-state index in [-0.39, 0.29) is 17.3 Å². The molecule has 5 nitrogen and oxygen atoms in total. The Morgan fingerprint density at radius 3 is 2.36 bits per heavy atom. The third-order valence-corrected chi connectivity index (χ3v) is 5.67. The first-order valence-electron chi connectivity index (χ1n) is 7.40. The van der Waals surface area contributed by atoms with Crippen LogP contribution in [0.3, 0.4) is 0 Å². The molecular weight excluding hydrogens is 367 g/mol. The van der Waals surface area contributed by atoms with Gasteiger partial charge in [0.15, 0.2) is 0 Å². The molecule has 0 spiro atoms. The Hall–Kier alpha value is -1.96. The molecule has 0 heterocycles. The van der Waals surface area contributed by atoms with Crippen molar-refractivity contribution in [1.29, 1.82) is 0 Å². The van der Waals surface area contributed by atoms with E-state index in [1.54, 1.807) is 25.2 Å². The third-order valence-electron chi connectivity index (χ3n) is 3.61. The minimum Gasteiger partial charge on any atom is -0.340 e. The monoisotopic (exact) mass is 384 g/mol. The highest BCUT2D eigenvalue weighted by Gasteiger charge is 2.24. The Bertz CT molecular complexity index is 856. The van der Waals surface area contributed by atoms with E-state index in [0.29, 0.717) is 11.6 Å². The van der Waals surface area contributed by atoms with E-state index in [1.807, 2.05) is 6.07 Å². The second kappa shape index (κ2) is 7.95. The first-order valence-corrected chi connectivity index (χ1v) is 9.22. The number of hydrogen-bond acceptors (Lipinski definition) is 3. The van der Waals surface area contributed by atoms with Gasteiger partial charge in [-0.2, -0.15) is 4.31 Å². The quantitative estimate of drug-likeness (QED) is 0.769. The van der Waals surface area contributed by atoms with Crippen LogP contribution >= 0.6 is 11.6 Å². The average molecular weight is 385 g/mol. The van der Waals surface area contributed by atoms with Crippen LogP contribution in [0.4, 0.5) is 4.39 Å². The van der Waals surface area contributed by atoms with Gasteiger partial charge >= 0.3 is 0 Å². The van der Waals surface area contributed by atoms with Gasteiger partial charge in [-0.3, -0.25) is 4.79 Å². The molecule has 1 amide bonds. The van der Waals surface area contributed by atoms with Crippen LogP contribution in [0.1, 0.15) is 5.56 Å². The van der Waals surface area contributed by atoms with Crippen molar-refractivity contribution >= 4 is 27.5 Å². The number of halogens is 2. The van der Waals surface area contributed by atoms with Crippen LogP contribution in [-0.4, -0.2) is 44.2 Å². The molecule has 2 aromatic rings. The standard InChI is InChI=1S/C17H18ClFN2O3S/c1-20(11-13-4-3-5-14(18)10-13)17(22)12-21(2)25(23,24)16-8-6-15(19)7-9-16/h3-10H,11-12H2,1-2H3. The fourth-order valence-electron chi connectivity index (χ4n) is 2.18. The van der Waals surface area contributed by atoms with Crippen molar-refractivity contribution < 1.29 is 17.6 Å². The van der Waals surface area contributed by atoms with Gasteiger partial charge in [0.1, 0.15) is 5.82 Å². The molecule has 0 bridgehead atoms. The molecule has 2 aromatic carbocycles. The van der Waals surface area contributed by atoms with Crippen LogP contribution in [0.2, 0.25) is 5.02 Å². The van der Waals surface area contributed by atoms with Crippen LogP contribution in [-0.2, 0) is 21.4 Å². The molecule has 0 aromatic heterocycles. The zero-order chi connectivity index (χ0) is 18.6.